The minimum Gasteiger partial charge on any atom is -0.375 e. The summed E-state index contributed by atoms with van der Waals surface area (Å²) in [6, 6.07) is 1.08. The molecule has 0 saturated carbocycles. The van der Waals surface area contributed by atoms with Gasteiger partial charge in [0.2, 0.25) is 0 Å². The molecule has 0 aromatic carbocycles. The zero-order valence-corrected chi connectivity index (χ0v) is 11.5. The van der Waals surface area contributed by atoms with Crippen LogP contribution in [0.2, 0.25) is 0 Å². The molecule has 0 radical (unpaired) electrons. The minimum absolute atomic E-state index is 0.0955. The van der Waals surface area contributed by atoms with E-state index in [2.05, 4.69) is 15.4 Å². The Morgan fingerprint density at radius 3 is 2.90 bits per heavy atom. The molecule has 2 heterocycles. The third-order valence-corrected chi connectivity index (χ3v) is 3.31. The van der Waals surface area contributed by atoms with Crippen molar-refractivity contribution in [2.45, 2.75) is 12.8 Å². The van der Waals surface area contributed by atoms with E-state index in [0.717, 1.165) is 16.4 Å². The number of aryl methyl sites for hydroxylation is 1. The molecule has 0 aliphatic heterocycles. The molecule has 0 aliphatic rings. The van der Waals surface area contributed by atoms with E-state index < -0.39 is 18.0 Å². The Morgan fingerprint density at radius 2 is 2.35 bits per heavy atom. The van der Waals surface area contributed by atoms with Crippen molar-refractivity contribution in [1.29, 1.82) is 0 Å². The second-order valence-electron chi connectivity index (χ2n) is 4.06. The van der Waals surface area contributed by atoms with Gasteiger partial charge >= 0.3 is 0 Å². The summed E-state index contributed by atoms with van der Waals surface area (Å²) in [7, 11) is 1.45. The number of nitrogens with zero attached hydrogens (tertiary/aromatic N) is 3. The van der Waals surface area contributed by atoms with Crippen molar-refractivity contribution < 1.29 is 13.6 Å². The van der Waals surface area contributed by atoms with Crippen LogP contribution >= 0.6 is 11.3 Å². The maximum atomic E-state index is 12.5. The summed E-state index contributed by atoms with van der Waals surface area (Å²) >= 11 is 1.33. The van der Waals surface area contributed by atoms with Crippen LogP contribution in [0.1, 0.15) is 28.3 Å². The van der Waals surface area contributed by atoms with Gasteiger partial charge in [0.25, 0.3) is 12.3 Å². The van der Waals surface area contributed by atoms with E-state index in [1.54, 1.807) is 5.38 Å². The van der Waals surface area contributed by atoms with Crippen LogP contribution in [0.5, 0.6) is 0 Å². The number of alkyl halides is 2. The molecular formula is C11H13F2N5OS. The van der Waals surface area contributed by atoms with Gasteiger partial charge in [0, 0.05) is 25.4 Å². The van der Waals surface area contributed by atoms with Crippen LogP contribution in [0.15, 0.2) is 11.4 Å². The van der Waals surface area contributed by atoms with Crippen molar-refractivity contribution in [2.75, 3.05) is 12.3 Å². The lowest BCUT2D eigenvalue weighted by atomic mass is 10.3. The molecule has 20 heavy (non-hydrogen) atoms. The van der Waals surface area contributed by atoms with E-state index in [9.17, 15) is 13.6 Å². The zero-order chi connectivity index (χ0) is 14.7. The Hall–Kier alpha value is -2.03. The molecule has 0 saturated heterocycles. The van der Waals surface area contributed by atoms with Gasteiger partial charge in [-0.05, 0) is 6.07 Å². The van der Waals surface area contributed by atoms with Crippen LogP contribution in [0, 0.1) is 0 Å². The molecule has 2 rings (SSSR count). The van der Waals surface area contributed by atoms with E-state index in [1.807, 2.05) is 0 Å². The van der Waals surface area contributed by atoms with Gasteiger partial charge in [0.15, 0.2) is 5.13 Å². The molecule has 9 heteroatoms. The van der Waals surface area contributed by atoms with Gasteiger partial charge in [0.1, 0.15) is 11.4 Å². The zero-order valence-electron chi connectivity index (χ0n) is 10.6. The van der Waals surface area contributed by atoms with Gasteiger partial charge in [-0.3, -0.25) is 9.48 Å². The lowest BCUT2D eigenvalue weighted by Gasteiger charge is -2.03. The number of nitrogen functional groups attached to an aromatic ring is 1. The molecule has 6 nitrogen and oxygen atoms in total. The predicted octanol–water partition coefficient (Wildman–Crippen LogP) is 1.37. The standard InChI is InChI=1S/C11H13F2N5OS/c1-18-8(4-7(17-18)9(12)13)10(19)15-3-2-6-5-20-11(14)16-6/h4-5,9H,2-3H2,1H3,(H2,14,16)(H,15,19). The first-order chi connectivity index (χ1) is 9.47. The number of carbonyl (C=O) groups excluding carboxylic acids is 1. The highest BCUT2D eigenvalue weighted by molar-refractivity contribution is 7.13. The fraction of sp³-hybridized carbons (Fsp3) is 0.364. The quantitative estimate of drug-likeness (QED) is 0.873. The summed E-state index contributed by atoms with van der Waals surface area (Å²) in [5.74, 6) is -0.449. The molecule has 0 spiro atoms. The van der Waals surface area contributed by atoms with Crippen LogP contribution in [-0.2, 0) is 13.5 Å². The van der Waals surface area contributed by atoms with E-state index in [0.29, 0.717) is 18.1 Å². The second kappa shape index (κ2) is 5.95. The molecule has 108 valence electrons. The van der Waals surface area contributed by atoms with Gasteiger partial charge in [0.05, 0.1) is 5.69 Å². The third-order valence-electron chi connectivity index (χ3n) is 2.59. The minimum atomic E-state index is -2.69. The highest BCUT2D eigenvalue weighted by atomic mass is 32.1. The Morgan fingerprint density at radius 1 is 1.60 bits per heavy atom. The largest absolute Gasteiger partial charge is 0.375 e. The molecule has 0 aliphatic carbocycles. The Kier molecular flexibility index (Phi) is 4.28. The lowest BCUT2D eigenvalue weighted by Crippen LogP contribution is -2.27. The normalized spacial score (nSPS) is 11.0. The van der Waals surface area contributed by atoms with Gasteiger partial charge in [-0.1, -0.05) is 0 Å². The second-order valence-corrected chi connectivity index (χ2v) is 4.95. The highest BCUT2D eigenvalue weighted by Crippen LogP contribution is 2.17. The fourth-order valence-corrected chi connectivity index (χ4v) is 2.24. The fourth-order valence-electron chi connectivity index (χ4n) is 1.64. The number of rotatable bonds is 5. The maximum Gasteiger partial charge on any atom is 0.282 e. The number of nitrogens with two attached hydrogens (primary N) is 1. The number of hydrogen-bond donors (Lipinski definition) is 2. The maximum absolute atomic E-state index is 12.5. The number of hydrogen-bond acceptors (Lipinski definition) is 5. The summed E-state index contributed by atoms with van der Waals surface area (Å²) in [6.07, 6.45) is -2.17. The molecule has 0 fully saturated rings. The number of halogens is 2. The monoisotopic (exact) mass is 301 g/mol. The summed E-state index contributed by atoms with van der Waals surface area (Å²) in [6.45, 7) is 0.344. The molecular weight excluding hydrogens is 288 g/mol. The average molecular weight is 301 g/mol. The highest BCUT2D eigenvalue weighted by Gasteiger charge is 2.18. The topological polar surface area (TPSA) is 85.8 Å². The summed E-state index contributed by atoms with van der Waals surface area (Å²) in [5.41, 5.74) is 5.96. The van der Waals surface area contributed by atoms with E-state index in [4.69, 9.17) is 5.73 Å². The van der Waals surface area contributed by atoms with Crippen molar-refractivity contribution in [3.05, 3.63) is 28.5 Å². The molecule has 0 atom stereocenters. The van der Waals surface area contributed by atoms with E-state index >= 15 is 0 Å². The van der Waals surface area contributed by atoms with Gasteiger partial charge in [-0.2, -0.15) is 5.10 Å². The molecule has 0 bridgehead atoms. The van der Waals surface area contributed by atoms with Gasteiger partial charge < -0.3 is 11.1 Å². The number of amides is 1. The first-order valence-corrected chi connectivity index (χ1v) is 6.65. The Bertz CT molecular complexity index is 610. The van der Waals surface area contributed by atoms with Crippen LogP contribution < -0.4 is 11.1 Å². The average Bonchev–Trinajstić information content (AvgIpc) is 2.95. The predicted molar refractivity (Wildman–Crippen MR) is 70.7 cm³/mol. The number of thiazole rings is 1. The first-order valence-electron chi connectivity index (χ1n) is 5.77. The molecule has 0 unspecified atom stereocenters. The van der Waals surface area contributed by atoms with Crippen LogP contribution in [0.3, 0.4) is 0 Å². The smallest absolute Gasteiger partial charge is 0.282 e. The molecule has 2 aromatic rings. The molecule has 1 amide bonds. The first kappa shape index (κ1) is 14.4. The third kappa shape index (κ3) is 3.29. The van der Waals surface area contributed by atoms with Crippen molar-refractivity contribution in [1.82, 2.24) is 20.1 Å². The van der Waals surface area contributed by atoms with Crippen molar-refractivity contribution >= 4 is 22.4 Å². The number of carbonyl (C=O) groups is 1. The molecule has 3 N–H and O–H groups in total. The summed E-state index contributed by atoms with van der Waals surface area (Å²) in [5, 5.41) is 8.49. The summed E-state index contributed by atoms with van der Waals surface area (Å²) in [4.78, 5) is 15.9. The summed E-state index contributed by atoms with van der Waals surface area (Å²) < 4.78 is 26.1. The van der Waals surface area contributed by atoms with Crippen LogP contribution in [-0.4, -0.2) is 27.2 Å². The Labute approximate surface area is 117 Å². The van der Waals surface area contributed by atoms with Crippen LogP contribution in [0.4, 0.5) is 13.9 Å². The van der Waals surface area contributed by atoms with E-state index in [-0.39, 0.29) is 5.69 Å². The van der Waals surface area contributed by atoms with E-state index in [1.165, 1.54) is 18.4 Å². The number of anilines is 1. The van der Waals surface area contributed by atoms with Crippen molar-refractivity contribution in [3.63, 3.8) is 0 Å². The molecule has 2 aromatic heterocycles. The number of aromatic nitrogens is 3. The van der Waals surface area contributed by atoms with Gasteiger partial charge in [-0.15, -0.1) is 11.3 Å². The van der Waals surface area contributed by atoms with Crippen LogP contribution in [0.25, 0.3) is 0 Å². The SMILES string of the molecule is Cn1nc(C(F)F)cc1C(=O)NCCc1csc(N)n1. The Balaban J connectivity index is 1.91. The van der Waals surface area contributed by atoms with Crippen molar-refractivity contribution in [2.24, 2.45) is 7.05 Å². The number of nitrogens with one attached hydrogen (secondary N) is 1. The van der Waals surface area contributed by atoms with Crippen molar-refractivity contribution in [3.8, 4) is 0 Å². The lowest BCUT2D eigenvalue weighted by molar-refractivity contribution is 0.0944. The van der Waals surface area contributed by atoms with Gasteiger partial charge in [-0.25, -0.2) is 13.8 Å².